The Hall–Kier alpha value is -2.19. The smallest absolute Gasteiger partial charge is 0.251 e. The number of ether oxygens (including phenoxy) is 2. The van der Waals surface area contributed by atoms with Crippen molar-refractivity contribution in [1.29, 1.82) is 0 Å². The summed E-state index contributed by atoms with van der Waals surface area (Å²) in [5.74, 6) is 2.89. The molecule has 0 unspecified atom stereocenters. The molecule has 0 aliphatic rings. The molecule has 0 spiro atoms. The number of nitrogens with one attached hydrogen (secondary N) is 2. The van der Waals surface area contributed by atoms with Crippen molar-refractivity contribution < 1.29 is 14.3 Å². The van der Waals surface area contributed by atoms with Gasteiger partial charge in [0.1, 0.15) is 5.75 Å². The molecule has 1 amide bonds. The van der Waals surface area contributed by atoms with Gasteiger partial charge in [0.25, 0.3) is 5.91 Å². The molecular formula is C14H18N2O3. The molecule has 0 atom stereocenters. The molecule has 0 aromatic heterocycles. The summed E-state index contributed by atoms with van der Waals surface area (Å²) in [5.41, 5.74) is 1.29. The van der Waals surface area contributed by atoms with Crippen molar-refractivity contribution in [3.8, 4) is 18.1 Å². The first kappa shape index (κ1) is 14.9. The Morgan fingerprint density at radius 3 is 2.84 bits per heavy atom. The molecule has 1 aromatic rings. The van der Waals surface area contributed by atoms with Gasteiger partial charge in [-0.25, -0.2) is 0 Å². The number of hydrogen-bond donors (Lipinski definition) is 2. The summed E-state index contributed by atoms with van der Waals surface area (Å²) >= 11 is 0. The van der Waals surface area contributed by atoms with Gasteiger partial charge in [-0.2, -0.15) is 0 Å². The molecule has 5 heteroatoms. The topological polar surface area (TPSA) is 59.6 Å². The van der Waals surface area contributed by atoms with Crippen LogP contribution in [-0.4, -0.2) is 39.8 Å². The fourth-order valence-electron chi connectivity index (χ4n) is 1.49. The normalized spacial score (nSPS) is 9.53. The predicted octanol–water partition coefficient (Wildman–Crippen LogP) is 1.12. The Morgan fingerprint density at radius 1 is 1.42 bits per heavy atom. The number of amides is 1. The second-order valence-electron chi connectivity index (χ2n) is 3.72. The molecular weight excluding hydrogens is 244 g/mol. The molecule has 0 saturated carbocycles. The van der Waals surface area contributed by atoms with E-state index in [0.29, 0.717) is 31.0 Å². The molecule has 0 saturated heterocycles. The number of hydrogen-bond acceptors (Lipinski definition) is 4. The van der Waals surface area contributed by atoms with E-state index in [1.807, 2.05) is 0 Å². The maximum absolute atomic E-state index is 11.8. The minimum absolute atomic E-state index is 0.168. The summed E-state index contributed by atoms with van der Waals surface area (Å²) < 4.78 is 10.1. The summed E-state index contributed by atoms with van der Waals surface area (Å²) in [6.07, 6.45) is 5.18. The van der Waals surface area contributed by atoms with E-state index in [9.17, 15) is 4.79 Å². The SMILES string of the molecule is C#CCNc1ccc(C(=O)NCCOC)cc1OC. The maximum Gasteiger partial charge on any atom is 0.251 e. The van der Waals surface area contributed by atoms with Crippen LogP contribution in [-0.2, 0) is 4.74 Å². The van der Waals surface area contributed by atoms with Crippen LogP contribution in [0.3, 0.4) is 0 Å². The Kier molecular flexibility index (Phi) is 6.27. The van der Waals surface area contributed by atoms with Gasteiger partial charge in [0.05, 0.1) is 25.9 Å². The van der Waals surface area contributed by atoms with Crippen molar-refractivity contribution >= 4 is 11.6 Å². The molecule has 0 aliphatic heterocycles. The maximum atomic E-state index is 11.8. The van der Waals surface area contributed by atoms with E-state index in [0.717, 1.165) is 5.69 Å². The number of methoxy groups -OCH3 is 2. The van der Waals surface area contributed by atoms with Gasteiger partial charge in [-0.1, -0.05) is 5.92 Å². The van der Waals surface area contributed by atoms with Gasteiger partial charge >= 0.3 is 0 Å². The molecule has 0 aliphatic carbocycles. The van der Waals surface area contributed by atoms with E-state index in [2.05, 4.69) is 16.6 Å². The zero-order valence-corrected chi connectivity index (χ0v) is 11.2. The summed E-state index contributed by atoms with van der Waals surface area (Å²) in [5, 5.41) is 5.76. The zero-order chi connectivity index (χ0) is 14.1. The first-order valence-electron chi connectivity index (χ1n) is 5.85. The van der Waals surface area contributed by atoms with Crippen LogP contribution in [0, 0.1) is 12.3 Å². The van der Waals surface area contributed by atoms with E-state index < -0.39 is 0 Å². The number of carbonyl (C=O) groups excluding carboxylic acids is 1. The fraction of sp³-hybridized carbons (Fsp3) is 0.357. The van der Waals surface area contributed by atoms with Gasteiger partial charge in [-0.15, -0.1) is 6.42 Å². The average Bonchev–Trinajstić information content (AvgIpc) is 2.45. The van der Waals surface area contributed by atoms with Gasteiger partial charge in [0.2, 0.25) is 0 Å². The van der Waals surface area contributed by atoms with E-state index in [4.69, 9.17) is 15.9 Å². The average molecular weight is 262 g/mol. The predicted molar refractivity (Wildman–Crippen MR) is 74.5 cm³/mol. The first-order valence-corrected chi connectivity index (χ1v) is 5.85. The van der Waals surface area contributed by atoms with E-state index in [-0.39, 0.29) is 5.91 Å². The third kappa shape index (κ3) is 4.53. The Balaban J connectivity index is 2.75. The summed E-state index contributed by atoms with van der Waals surface area (Å²) in [7, 11) is 3.13. The monoisotopic (exact) mass is 262 g/mol. The molecule has 0 heterocycles. The van der Waals surface area contributed by atoms with Crippen LogP contribution in [0.1, 0.15) is 10.4 Å². The van der Waals surface area contributed by atoms with Crippen molar-refractivity contribution in [3.05, 3.63) is 23.8 Å². The molecule has 5 nitrogen and oxygen atoms in total. The number of rotatable bonds is 7. The number of benzene rings is 1. The lowest BCUT2D eigenvalue weighted by Gasteiger charge is -2.11. The van der Waals surface area contributed by atoms with Gasteiger partial charge < -0.3 is 20.1 Å². The minimum atomic E-state index is -0.168. The van der Waals surface area contributed by atoms with Gasteiger partial charge in [-0.05, 0) is 18.2 Å². The first-order chi connectivity index (χ1) is 9.22. The largest absolute Gasteiger partial charge is 0.495 e. The molecule has 19 heavy (non-hydrogen) atoms. The van der Waals surface area contributed by atoms with Crippen LogP contribution in [0.5, 0.6) is 5.75 Å². The number of anilines is 1. The lowest BCUT2D eigenvalue weighted by molar-refractivity contribution is 0.0937. The fourth-order valence-corrected chi connectivity index (χ4v) is 1.49. The summed E-state index contributed by atoms with van der Waals surface area (Å²) in [6, 6.07) is 5.14. The van der Waals surface area contributed by atoms with Crippen LogP contribution in [0.25, 0.3) is 0 Å². The second kappa shape index (κ2) is 8.01. The molecule has 2 N–H and O–H groups in total. The van der Waals surface area contributed by atoms with Crippen molar-refractivity contribution in [2.24, 2.45) is 0 Å². The Morgan fingerprint density at radius 2 is 2.21 bits per heavy atom. The van der Waals surface area contributed by atoms with Crippen LogP contribution < -0.4 is 15.4 Å². The molecule has 0 radical (unpaired) electrons. The lowest BCUT2D eigenvalue weighted by atomic mass is 10.1. The highest BCUT2D eigenvalue weighted by Gasteiger charge is 2.09. The van der Waals surface area contributed by atoms with E-state index in [1.54, 1.807) is 32.4 Å². The van der Waals surface area contributed by atoms with Crippen molar-refractivity contribution in [1.82, 2.24) is 5.32 Å². The highest BCUT2D eigenvalue weighted by atomic mass is 16.5. The highest BCUT2D eigenvalue weighted by molar-refractivity contribution is 5.95. The third-order valence-electron chi connectivity index (χ3n) is 2.44. The van der Waals surface area contributed by atoms with E-state index >= 15 is 0 Å². The Bertz CT molecular complexity index is 466. The van der Waals surface area contributed by atoms with Crippen molar-refractivity contribution in [2.75, 3.05) is 39.2 Å². The quantitative estimate of drug-likeness (QED) is 0.571. The minimum Gasteiger partial charge on any atom is -0.495 e. The van der Waals surface area contributed by atoms with Crippen LogP contribution in [0.2, 0.25) is 0 Å². The lowest BCUT2D eigenvalue weighted by Crippen LogP contribution is -2.26. The molecule has 0 bridgehead atoms. The van der Waals surface area contributed by atoms with Crippen LogP contribution in [0.15, 0.2) is 18.2 Å². The van der Waals surface area contributed by atoms with E-state index in [1.165, 1.54) is 0 Å². The summed E-state index contributed by atoms with van der Waals surface area (Å²) in [4.78, 5) is 11.8. The number of carbonyl (C=O) groups is 1. The summed E-state index contributed by atoms with van der Waals surface area (Å²) in [6.45, 7) is 1.34. The molecule has 1 aromatic carbocycles. The Labute approximate surface area is 113 Å². The standard InChI is InChI=1S/C14H18N2O3/c1-4-7-15-12-6-5-11(10-13(12)19-3)14(17)16-8-9-18-2/h1,5-6,10,15H,7-9H2,2-3H3,(H,16,17). The van der Waals surface area contributed by atoms with Gasteiger partial charge in [0.15, 0.2) is 0 Å². The molecule has 0 fully saturated rings. The van der Waals surface area contributed by atoms with Gasteiger partial charge in [-0.3, -0.25) is 4.79 Å². The number of terminal acetylenes is 1. The van der Waals surface area contributed by atoms with Crippen LogP contribution >= 0.6 is 0 Å². The van der Waals surface area contributed by atoms with Crippen LogP contribution in [0.4, 0.5) is 5.69 Å². The van der Waals surface area contributed by atoms with Crippen molar-refractivity contribution in [3.63, 3.8) is 0 Å². The highest BCUT2D eigenvalue weighted by Crippen LogP contribution is 2.25. The van der Waals surface area contributed by atoms with Gasteiger partial charge in [0, 0.05) is 19.2 Å². The third-order valence-corrected chi connectivity index (χ3v) is 2.44. The second-order valence-corrected chi connectivity index (χ2v) is 3.72. The molecule has 102 valence electrons. The molecule has 1 rings (SSSR count). The van der Waals surface area contributed by atoms with Crippen molar-refractivity contribution in [2.45, 2.75) is 0 Å². The zero-order valence-electron chi connectivity index (χ0n) is 11.2.